The van der Waals surface area contributed by atoms with Crippen LogP contribution in [0.5, 0.6) is 0 Å². The zero-order valence-corrected chi connectivity index (χ0v) is 22.1. The molecule has 0 saturated heterocycles. The van der Waals surface area contributed by atoms with Gasteiger partial charge in [0.25, 0.3) is 0 Å². The van der Waals surface area contributed by atoms with Gasteiger partial charge in [0.05, 0.1) is 0 Å². The molecule has 184 valence electrons. The second kappa shape index (κ2) is 15.6. The molecule has 0 fully saturated rings. The molecule has 12 heteroatoms. The van der Waals surface area contributed by atoms with Crippen molar-refractivity contribution in [1.82, 2.24) is 10.4 Å². The molecule has 0 bridgehead atoms. The van der Waals surface area contributed by atoms with Gasteiger partial charge in [0.15, 0.2) is 0 Å². The molecule has 0 aromatic carbocycles. The molecule has 30 heavy (non-hydrogen) atoms. The summed E-state index contributed by atoms with van der Waals surface area (Å²) in [6.45, 7) is 11.7. The van der Waals surface area contributed by atoms with Gasteiger partial charge in [-0.2, -0.15) is 0 Å². The summed E-state index contributed by atoms with van der Waals surface area (Å²) in [6.07, 6.45) is 3.56. The summed E-state index contributed by atoms with van der Waals surface area (Å²) in [5.41, 5.74) is -0.572. The number of carbonyl (C=O) groups excluding carboxylic acids is 2. The number of alkyl carbamates (subject to hydrolysis) is 1. The molecule has 0 aliphatic rings. The maximum absolute atomic E-state index is 12.0. The van der Waals surface area contributed by atoms with Gasteiger partial charge >= 0.3 is 174 Å². The van der Waals surface area contributed by atoms with Crippen LogP contribution in [0, 0.1) is 5.92 Å². The van der Waals surface area contributed by atoms with E-state index in [2.05, 4.69) is 24.3 Å². The van der Waals surface area contributed by atoms with Crippen LogP contribution >= 0.6 is 8.18 Å². The maximum atomic E-state index is 12.0. The number of hydrogen-bond donors (Lipinski definition) is 2. The molecule has 0 radical (unpaired) electrons. The second-order valence-electron chi connectivity index (χ2n) is 7.63. The molecule has 0 spiro atoms. The van der Waals surface area contributed by atoms with Crippen LogP contribution in [0.3, 0.4) is 0 Å². The van der Waals surface area contributed by atoms with E-state index in [0.29, 0.717) is 12.5 Å². The topological polar surface area (TPSA) is 121 Å². The Morgan fingerprint density at radius 3 is 2.33 bits per heavy atom. The molecule has 0 aromatic rings. The number of ether oxygens (including phenoxy) is 2. The zero-order chi connectivity index (χ0) is 23.0. The molecule has 0 aliphatic heterocycles. The Bertz CT molecular complexity index is 513. The Labute approximate surface area is 174 Å². The number of amides is 1. The van der Waals surface area contributed by atoms with Gasteiger partial charge in [-0.1, -0.05) is 0 Å². The van der Waals surface area contributed by atoms with Gasteiger partial charge in [-0.15, -0.1) is 0 Å². The van der Waals surface area contributed by atoms with Gasteiger partial charge in [0, 0.05) is 0 Å². The van der Waals surface area contributed by atoms with E-state index in [9.17, 15) is 14.2 Å². The van der Waals surface area contributed by atoms with Crippen LogP contribution in [0.25, 0.3) is 0 Å². The summed E-state index contributed by atoms with van der Waals surface area (Å²) >= 11 is 0. The van der Waals surface area contributed by atoms with Gasteiger partial charge < -0.3 is 0 Å². The number of hydrogen-bond acceptors (Lipinski definition) is 8. The van der Waals surface area contributed by atoms with E-state index in [4.69, 9.17) is 24.5 Å². The quantitative estimate of drug-likeness (QED) is 0.0821. The van der Waals surface area contributed by atoms with Crippen molar-refractivity contribution in [1.29, 1.82) is 0 Å². The van der Waals surface area contributed by atoms with Crippen molar-refractivity contribution in [3.8, 4) is 0 Å². The minimum atomic E-state index is -2.66. The first-order valence-electron chi connectivity index (χ1n) is 10.1. The van der Waals surface area contributed by atoms with E-state index in [1.54, 1.807) is 27.7 Å². The van der Waals surface area contributed by atoms with Gasteiger partial charge in [-0.25, -0.2) is 0 Å². The summed E-state index contributed by atoms with van der Waals surface area (Å²) < 4.78 is 20.7. The van der Waals surface area contributed by atoms with Crippen molar-refractivity contribution in [2.24, 2.45) is 5.92 Å². The Balaban J connectivity index is 3.84. The van der Waals surface area contributed by atoms with Crippen molar-refractivity contribution in [3.05, 3.63) is 0 Å². The number of carbonyl (C=O) groups is 2. The number of nitrogens with one attached hydrogen (secondary N) is 2. The van der Waals surface area contributed by atoms with E-state index >= 15 is 0 Å². The van der Waals surface area contributed by atoms with E-state index in [-0.39, 0.29) is 13.2 Å². The Morgan fingerprint density at radius 2 is 1.77 bits per heavy atom. The SMILES string of the molecule is CCCC(CCC)COC(=O)C(C)N[PH](=O)[O][Fm][O]OCCNC(=O)OC(C)(C)C. The zero-order valence-electron chi connectivity index (χ0n) is 18.7. The minimum absolute atomic E-state index is 0.0839. The van der Waals surface area contributed by atoms with Gasteiger partial charge in [-0.05, 0) is 0 Å². The third kappa shape index (κ3) is 15.7. The molecule has 2 N–H and O–H groups in total. The number of rotatable bonds is 16. The Morgan fingerprint density at radius 1 is 1.13 bits per heavy atom. The summed E-state index contributed by atoms with van der Waals surface area (Å²) in [5.74, 6) is -0.105. The molecular weight excluding hydrogens is 660 g/mol. The first kappa shape index (κ1) is 27.8. The van der Waals surface area contributed by atoms with Crippen LogP contribution in [-0.4, -0.2) is 43.5 Å². The van der Waals surface area contributed by atoms with Gasteiger partial charge in [0.1, 0.15) is 0 Å². The molecule has 2 unspecified atom stereocenters. The van der Waals surface area contributed by atoms with Crippen LogP contribution in [0.2, 0.25) is 0 Å². The van der Waals surface area contributed by atoms with Crippen LogP contribution in [0.15, 0.2) is 0 Å². The fraction of sp³-hybridized carbons (Fsp3) is 0.889. The fourth-order valence-corrected chi connectivity index (χ4v) is 4.38. The van der Waals surface area contributed by atoms with E-state index in [0.717, 1.165) is 25.7 Å². The molecular formula is C18H37FmN2O8P. The summed E-state index contributed by atoms with van der Waals surface area (Å²) in [5, 5.41) is 9.92. The Kier molecular flexibility index (Phi) is 14.5. The third-order valence-electron chi connectivity index (χ3n) is 3.53. The standard InChI is InChI=1S/C11H24NO4P.C7H15NO4.Fm/c1-4-6-10(7-5-2)8-16-11(13)9(3)12-17(14)15;1-7(2,3)12-6(9)8-4-5-11-10;/h9-10,17H,4-8H2,1-3H3,(H2,12,14,15);10H,4-5H2,1-3H3,(H,8,9);/q;;+2/p-2. The molecule has 2 atom stereocenters. The summed E-state index contributed by atoms with van der Waals surface area (Å²) in [4.78, 5) is 33.3. The van der Waals surface area contributed by atoms with Crippen molar-refractivity contribution >= 4 is 20.2 Å². The molecule has 1 amide bonds. The van der Waals surface area contributed by atoms with Crippen molar-refractivity contribution in [2.75, 3.05) is 19.8 Å². The molecule has 0 heterocycles. The second-order valence-corrected chi connectivity index (χ2v) is 10.9. The monoisotopic (exact) mass is 697 g/mol. The average molecular weight is 697 g/mol. The molecule has 10 nitrogen and oxygen atoms in total. The predicted molar refractivity (Wildman–Crippen MR) is 108 cm³/mol. The van der Waals surface area contributed by atoms with E-state index in [1.807, 2.05) is 0 Å². The average Bonchev–Trinajstić information content (AvgIpc) is 2.63. The number of esters is 1. The molecule has 0 aliphatic carbocycles. The molecule has 0 aromatic heterocycles. The first-order valence-corrected chi connectivity index (χ1v) is 13.3. The van der Waals surface area contributed by atoms with Crippen molar-refractivity contribution in [2.45, 2.75) is 78.9 Å². The van der Waals surface area contributed by atoms with Crippen LogP contribution < -0.4 is 10.4 Å². The normalized spacial score (nSPS) is 13.4. The van der Waals surface area contributed by atoms with Crippen LogP contribution in [0.1, 0.15) is 67.2 Å². The van der Waals surface area contributed by atoms with E-state index < -0.39 is 31.9 Å². The summed E-state index contributed by atoms with van der Waals surface area (Å²) in [6, 6.07) is -0.744. The predicted octanol–water partition coefficient (Wildman–Crippen LogP) is 3.52. The Hall–Kier alpha value is -2.19. The fourth-order valence-electron chi connectivity index (χ4n) is 2.28. The first-order chi connectivity index (χ1) is 14.1. The van der Waals surface area contributed by atoms with Crippen molar-refractivity contribution in [3.63, 3.8) is 0 Å². The van der Waals surface area contributed by atoms with Crippen LogP contribution in [-0.2, 0) is 33.9 Å². The molecule has 0 saturated carbocycles. The van der Waals surface area contributed by atoms with Crippen LogP contribution in [0.4, 0.5) is 4.79 Å². The molecule has 0 rings (SSSR count). The third-order valence-corrected chi connectivity index (χ3v) is 6.74. The van der Waals surface area contributed by atoms with Gasteiger partial charge in [0.2, 0.25) is 0 Å². The van der Waals surface area contributed by atoms with E-state index in [1.165, 1.54) is 0 Å². The van der Waals surface area contributed by atoms with Crippen molar-refractivity contribution < 1.29 is 38.7 Å². The van der Waals surface area contributed by atoms with Gasteiger partial charge in [-0.3, -0.25) is 0 Å². The summed E-state index contributed by atoms with van der Waals surface area (Å²) in [7, 11) is -2.66.